The number of anilines is 1. The third-order valence-electron chi connectivity index (χ3n) is 4.03. The van der Waals surface area contributed by atoms with Gasteiger partial charge in [0, 0.05) is 12.3 Å². The zero-order valence-corrected chi connectivity index (χ0v) is 14.9. The zero-order chi connectivity index (χ0) is 21.2. The van der Waals surface area contributed by atoms with Gasteiger partial charge in [0.2, 0.25) is 0 Å². The Labute approximate surface area is 161 Å². The van der Waals surface area contributed by atoms with E-state index in [4.69, 9.17) is 4.74 Å². The van der Waals surface area contributed by atoms with E-state index < -0.39 is 34.8 Å². The molecule has 0 bridgehead atoms. The van der Waals surface area contributed by atoms with Gasteiger partial charge in [-0.05, 0) is 29.8 Å². The third kappa shape index (κ3) is 4.53. The second-order valence-corrected chi connectivity index (χ2v) is 5.97. The monoisotopic (exact) mass is 411 g/mol. The number of rotatable bonds is 5. The van der Waals surface area contributed by atoms with Crippen LogP contribution in [0.1, 0.15) is 21.5 Å². The van der Waals surface area contributed by atoms with E-state index in [0.717, 1.165) is 28.9 Å². The lowest BCUT2D eigenvalue weighted by atomic mass is 10.1. The molecule has 0 aliphatic carbocycles. The van der Waals surface area contributed by atoms with Crippen LogP contribution in [0.3, 0.4) is 0 Å². The highest BCUT2D eigenvalue weighted by Crippen LogP contribution is 2.34. The van der Waals surface area contributed by atoms with Crippen LogP contribution in [0.2, 0.25) is 0 Å². The summed E-state index contributed by atoms with van der Waals surface area (Å²) in [5, 5.41) is 6.15. The molecular formula is C19H14F5N3O2. The quantitative estimate of drug-likeness (QED) is 0.630. The van der Waals surface area contributed by atoms with E-state index in [2.05, 4.69) is 10.4 Å². The summed E-state index contributed by atoms with van der Waals surface area (Å²) in [5.41, 5.74) is -1.73. The smallest absolute Gasteiger partial charge is 0.416 e. The molecule has 0 saturated heterocycles. The molecule has 1 aromatic heterocycles. The van der Waals surface area contributed by atoms with Gasteiger partial charge in [-0.25, -0.2) is 8.78 Å². The first kappa shape index (κ1) is 20.3. The Morgan fingerprint density at radius 1 is 1.14 bits per heavy atom. The highest BCUT2D eigenvalue weighted by atomic mass is 19.4. The number of halogens is 5. The van der Waals surface area contributed by atoms with Gasteiger partial charge in [-0.3, -0.25) is 9.48 Å². The summed E-state index contributed by atoms with van der Waals surface area (Å²) < 4.78 is 73.2. The molecule has 0 spiro atoms. The van der Waals surface area contributed by atoms with E-state index in [9.17, 15) is 26.7 Å². The maximum Gasteiger partial charge on any atom is 0.416 e. The van der Waals surface area contributed by atoms with E-state index in [-0.39, 0.29) is 23.7 Å². The number of benzene rings is 2. The zero-order valence-electron chi connectivity index (χ0n) is 14.9. The van der Waals surface area contributed by atoms with Gasteiger partial charge >= 0.3 is 6.18 Å². The minimum atomic E-state index is -4.60. The summed E-state index contributed by atoms with van der Waals surface area (Å²) in [7, 11) is 1.26. The number of hydrogen-bond donors (Lipinski definition) is 1. The summed E-state index contributed by atoms with van der Waals surface area (Å²) in [6.45, 7) is -0.247. The molecule has 1 N–H and O–H groups in total. The minimum absolute atomic E-state index is 0.0569. The Morgan fingerprint density at radius 3 is 2.45 bits per heavy atom. The SMILES string of the molecule is COc1ccc(Cn2ccc(NC(=O)c3c(F)cccc3F)n2)c(C(F)(F)F)c1. The van der Waals surface area contributed by atoms with Crippen molar-refractivity contribution in [3.63, 3.8) is 0 Å². The Bertz CT molecular complexity index is 1030. The second kappa shape index (κ2) is 7.90. The number of methoxy groups -OCH3 is 1. The second-order valence-electron chi connectivity index (χ2n) is 5.97. The largest absolute Gasteiger partial charge is 0.497 e. The molecule has 152 valence electrons. The molecule has 0 unspecified atom stereocenters. The van der Waals surface area contributed by atoms with Crippen LogP contribution in [0.4, 0.5) is 27.8 Å². The topological polar surface area (TPSA) is 56.1 Å². The van der Waals surface area contributed by atoms with Gasteiger partial charge in [-0.2, -0.15) is 18.3 Å². The molecule has 10 heteroatoms. The van der Waals surface area contributed by atoms with Gasteiger partial charge in [0.05, 0.1) is 19.2 Å². The van der Waals surface area contributed by atoms with Crippen LogP contribution in [0, 0.1) is 11.6 Å². The van der Waals surface area contributed by atoms with Crippen molar-refractivity contribution in [3.05, 3.63) is 77.0 Å². The Hall–Kier alpha value is -3.43. The highest BCUT2D eigenvalue weighted by molar-refractivity contribution is 6.04. The standard InChI is InChI=1S/C19H14F5N3O2/c1-29-12-6-5-11(13(9-12)19(22,23)24)10-27-8-7-16(26-27)25-18(28)17-14(20)3-2-4-15(17)21/h2-9H,10H2,1H3,(H,25,26,28). The predicted octanol–water partition coefficient (Wildman–Crippen LogP) is 4.49. The summed E-state index contributed by atoms with van der Waals surface area (Å²) in [6, 6.07) is 7.80. The third-order valence-corrected chi connectivity index (χ3v) is 4.03. The molecule has 1 amide bonds. The van der Waals surface area contributed by atoms with E-state index >= 15 is 0 Å². The number of carbonyl (C=O) groups excluding carboxylic acids is 1. The summed E-state index contributed by atoms with van der Waals surface area (Å²) in [4.78, 5) is 12.1. The molecule has 0 aliphatic heterocycles. The lowest BCUT2D eigenvalue weighted by Crippen LogP contribution is -2.16. The number of nitrogens with zero attached hydrogens (tertiary/aromatic N) is 2. The van der Waals surface area contributed by atoms with Gasteiger partial charge in [0.15, 0.2) is 5.82 Å². The van der Waals surface area contributed by atoms with Crippen LogP contribution < -0.4 is 10.1 Å². The Balaban J connectivity index is 1.80. The van der Waals surface area contributed by atoms with Crippen LogP contribution in [-0.2, 0) is 12.7 Å². The molecule has 3 rings (SSSR count). The molecule has 0 aliphatic rings. The van der Waals surface area contributed by atoms with Gasteiger partial charge in [0.25, 0.3) is 5.91 Å². The minimum Gasteiger partial charge on any atom is -0.497 e. The lowest BCUT2D eigenvalue weighted by molar-refractivity contribution is -0.138. The molecule has 29 heavy (non-hydrogen) atoms. The summed E-state index contributed by atoms with van der Waals surface area (Å²) in [5.74, 6) is -3.17. The molecule has 1 heterocycles. The Kier molecular flexibility index (Phi) is 5.53. The molecule has 2 aromatic carbocycles. The van der Waals surface area contributed by atoms with Crippen molar-refractivity contribution in [3.8, 4) is 5.75 Å². The van der Waals surface area contributed by atoms with Crippen molar-refractivity contribution in [1.82, 2.24) is 9.78 Å². The van der Waals surface area contributed by atoms with Gasteiger partial charge < -0.3 is 10.1 Å². The van der Waals surface area contributed by atoms with Crippen LogP contribution >= 0.6 is 0 Å². The van der Waals surface area contributed by atoms with E-state index in [1.54, 1.807) is 0 Å². The van der Waals surface area contributed by atoms with Gasteiger partial charge in [-0.1, -0.05) is 12.1 Å². The van der Waals surface area contributed by atoms with Crippen molar-refractivity contribution in [1.29, 1.82) is 0 Å². The van der Waals surface area contributed by atoms with E-state index in [0.29, 0.717) is 0 Å². The fraction of sp³-hybridized carbons (Fsp3) is 0.158. The number of ether oxygens (including phenoxy) is 1. The number of carbonyl (C=O) groups is 1. The summed E-state index contributed by atoms with van der Waals surface area (Å²) >= 11 is 0. The van der Waals surface area contributed by atoms with E-state index in [1.165, 1.54) is 31.5 Å². The first-order valence-electron chi connectivity index (χ1n) is 8.22. The normalized spacial score (nSPS) is 11.4. The van der Waals surface area contributed by atoms with Crippen LogP contribution in [-0.4, -0.2) is 22.8 Å². The molecule has 0 fully saturated rings. The molecule has 0 atom stereocenters. The highest BCUT2D eigenvalue weighted by Gasteiger charge is 2.34. The maximum atomic E-state index is 13.7. The van der Waals surface area contributed by atoms with Crippen LogP contribution in [0.15, 0.2) is 48.7 Å². The number of alkyl halides is 3. The molecule has 0 radical (unpaired) electrons. The first-order valence-corrected chi connectivity index (χ1v) is 8.22. The number of hydrogen-bond acceptors (Lipinski definition) is 3. The number of nitrogens with one attached hydrogen (secondary N) is 1. The average Bonchev–Trinajstić information content (AvgIpc) is 3.07. The van der Waals surface area contributed by atoms with Crippen molar-refractivity contribution in [2.45, 2.75) is 12.7 Å². The molecule has 0 saturated carbocycles. The van der Waals surface area contributed by atoms with Crippen molar-refractivity contribution in [2.24, 2.45) is 0 Å². The molecule has 5 nitrogen and oxygen atoms in total. The predicted molar refractivity (Wildman–Crippen MR) is 93.6 cm³/mol. The first-order chi connectivity index (χ1) is 13.7. The van der Waals surface area contributed by atoms with Gasteiger partial charge in [-0.15, -0.1) is 0 Å². The van der Waals surface area contributed by atoms with Crippen molar-refractivity contribution < 1.29 is 31.5 Å². The van der Waals surface area contributed by atoms with Gasteiger partial charge in [0.1, 0.15) is 22.9 Å². The fourth-order valence-electron chi connectivity index (χ4n) is 2.67. The fourth-order valence-corrected chi connectivity index (χ4v) is 2.67. The number of aromatic nitrogens is 2. The summed E-state index contributed by atoms with van der Waals surface area (Å²) in [6.07, 6.45) is -3.27. The lowest BCUT2D eigenvalue weighted by Gasteiger charge is -2.14. The van der Waals surface area contributed by atoms with Crippen molar-refractivity contribution >= 4 is 11.7 Å². The molecule has 3 aromatic rings. The van der Waals surface area contributed by atoms with E-state index in [1.807, 2.05) is 0 Å². The Morgan fingerprint density at radius 2 is 1.83 bits per heavy atom. The molecular weight excluding hydrogens is 397 g/mol. The maximum absolute atomic E-state index is 13.7. The van der Waals surface area contributed by atoms with Crippen LogP contribution in [0.5, 0.6) is 5.75 Å². The van der Waals surface area contributed by atoms with Crippen molar-refractivity contribution in [2.75, 3.05) is 12.4 Å². The average molecular weight is 411 g/mol. The van der Waals surface area contributed by atoms with Crippen LogP contribution in [0.25, 0.3) is 0 Å². The number of amides is 1.